The van der Waals surface area contributed by atoms with Crippen molar-refractivity contribution in [3.05, 3.63) is 35.4 Å². The van der Waals surface area contributed by atoms with Gasteiger partial charge in [-0.2, -0.15) is 0 Å². The predicted octanol–water partition coefficient (Wildman–Crippen LogP) is 1.68. The lowest BCUT2D eigenvalue weighted by atomic mass is 10.1. The molecule has 0 aromatic heterocycles. The molecule has 0 heterocycles. The first kappa shape index (κ1) is 6.68. The fourth-order valence-corrected chi connectivity index (χ4v) is 0.739. The lowest BCUT2D eigenvalue weighted by Crippen LogP contribution is -1.82. The average molecular weight is 132 g/mol. The predicted molar refractivity (Wildman–Crippen MR) is 42.2 cm³/mol. The Morgan fingerprint density at radius 2 is 1.50 bits per heavy atom. The monoisotopic (exact) mass is 132 g/mol. The van der Waals surface area contributed by atoms with Crippen LogP contribution < -0.4 is 0 Å². The Hall–Kier alpha value is -1.44. The minimum absolute atomic E-state index is 0.834. The van der Waals surface area contributed by atoms with Gasteiger partial charge < -0.3 is 10.8 Å². The first-order valence-electron chi connectivity index (χ1n) is 2.98. The molecule has 0 aliphatic heterocycles. The minimum atomic E-state index is 0.834. The molecule has 0 bridgehead atoms. The fourth-order valence-electron chi connectivity index (χ4n) is 0.739. The molecule has 0 aliphatic rings. The summed E-state index contributed by atoms with van der Waals surface area (Å²) in [7, 11) is 0. The second-order valence-corrected chi connectivity index (χ2v) is 1.96. The third-order valence-electron chi connectivity index (χ3n) is 1.24. The van der Waals surface area contributed by atoms with Crippen LogP contribution in [0.15, 0.2) is 24.3 Å². The van der Waals surface area contributed by atoms with Crippen LogP contribution in [0.3, 0.4) is 0 Å². The SMILES string of the molecule is N=Cc1cccc(C=N)c1. The van der Waals surface area contributed by atoms with E-state index in [0.717, 1.165) is 11.1 Å². The number of nitrogens with one attached hydrogen (secondary N) is 2. The largest absolute Gasteiger partial charge is 0.308 e. The van der Waals surface area contributed by atoms with E-state index in [2.05, 4.69) is 0 Å². The number of hydrogen-bond acceptors (Lipinski definition) is 2. The molecule has 1 aromatic rings. The number of hydrogen-bond donors (Lipinski definition) is 2. The Morgan fingerprint density at radius 3 is 1.90 bits per heavy atom. The van der Waals surface area contributed by atoms with Crippen LogP contribution in [0.5, 0.6) is 0 Å². The van der Waals surface area contributed by atoms with E-state index in [-0.39, 0.29) is 0 Å². The lowest BCUT2D eigenvalue weighted by molar-refractivity contribution is 1.51. The molecule has 0 radical (unpaired) electrons. The first-order valence-corrected chi connectivity index (χ1v) is 2.98. The van der Waals surface area contributed by atoms with Gasteiger partial charge in [-0.25, -0.2) is 0 Å². The second kappa shape index (κ2) is 2.92. The van der Waals surface area contributed by atoms with Crippen LogP contribution in [0.2, 0.25) is 0 Å². The highest BCUT2D eigenvalue weighted by Gasteiger charge is 1.87. The van der Waals surface area contributed by atoms with Crippen LogP contribution in [-0.2, 0) is 0 Å². The molecular formula is C8H8N2. The highest BCUT2D eigenvalue weighted by atomic mass is 14.3. The highest BCUT2D eigenvalue weighted by molar-refractivity contribution is 5.83. The summed E-state index contributed by atoms with van der Waals surface area (Å²) in [5, 5.41) is 13.8. The van der Waals surface area contributed by atoms with Gasteiger partial charge in [0.25, 0.3) is 0 Å². The summed E-state index contributed by atoms with van der Waals surface area (Å²) in [5.41, 5.74) is 1.67. The minimum Gasteiger partial charge on any atom is -0.308 e. The molecule has 0 unspecified atom stereocenters. The number of benzene rings is 1. The molecule has 0 saturated carbocycles. The molecule has 2 heteroatoms. The molecule has 0 saturated heterocycles. The zero-order chi connectivity index (χ0) is 7.40. The van der Waals surface area contributed by atoms with Gasteiger partial charge in [0.2, 0.25) is 0 Å². The van der Waals surface area contributed by atoms with E-state index in [9.17, 15) is 0 Å². The van der Waals surface area contributed by atoms with Crippen LogP contribution in [0.1, 0.15) is 11.1 Å². The fraction of sp³-hybridized carbons (Fsp3) is 0. The molecule has 0 atom stereocenters. The maximum atomic E-state index is 6.92. The van der Waals surface area contributed by atoms with E-state index in [0.29, 0.717) is 0 Å². The van der Waals surface area contributed by atoms with Crippen LogP contribution in [0.25, 0.3) is 0 Å². The summed E-state index contributed by atoms with van der Waals surface area (Å²) >= 11 is 0. The summed E-state index contributed by atoms with van der Waals surface area (Å²) < 4.78 is 0. The zero-order valence-corrected chi connectivity index (χ0v) is 5.46. The Morgan fingerprint density at radius 1 is 1.00 bits per heavy atom. The summed E-state index contributed by atoms with van der Waals surface area (Å²) in [5.74, 6) is 0. The third kappa shape index (κ3) is 1.29. The molecule has 50 valence electrons. The third-order valence-corrected chi connectivity index (χ3v) is 1.24. The van der Waals surface area contributed by atoms with Crippen LogP contribution in [0.4, 0.5) is 0 Å². The van der Waals surface area contributed by atoms with Crippen molar-refractivity contribution < 1.29 is 0 Å². The lowest BCUT2D eigenvalue weighted by Gasteiger charge is -1.91. The van der Waals surface area contributed by atoms with Crippen molar-refractivity contribution in [2.45, 2.75) is 0 Å². The molecular weight excluding hydrogens is 124 g/mol. The van der Waals surface area contributed by atoms with Crippen LogP contribution >= 0.6 is 0 Å². The van der Waals surface area contributed by atoms with Gasteiger partial charge in [-0.1, -0.05) is 18.2 Å². The average Bonchev–Trinajstić information content (AvgIpc) is 2.05. The summed E-state index contributed by atoms with van der Waals surface area (Å²) in [6, 6.07) is 7.29. The van der Waals surface area contributed by atoms with Gasteiger partial charge in [0, 0.05) is 12.4 Å². The van der Waals surface area contributed by atoms with Crippen molar-refractivity contribution in [2.24, 2.45) is 0 Å². The number of rotatable bonds is 2. The molecule has 2 N–H and O–H groups in total. The van der Waals surface area contributed by atoms with Gasteiger partial charge in [0.15, 0.2) is 0 Å². The molecule has 0 aliphatic carbocycles. The standard InChI is InChI=1S/C8H8N2/c9-5-7-2-1-3-8(4-7)6-10/h1-6,9-10H. The quantitative estimate of drug-likeness (QED) is 0.575. The molecule has 1 rings (SSSR count). The van der Waals surface area contributed by atoms with Crippen LogP contribution in [0, 0.1) is 10.8 Å². The molecule has 10 heavy (non-hydrogen) atoms. The van der Waals surface area contributed by atoms with Crippen molar-refractivity contribution in [1.82, 2.24) is 0 Å². The van der Waals surface area contributed by atoms with Gasteiger partial charge in [-0.3, -0.25) is 0 Å². The van der Waals surface area contributed by atoms with Gasteiger partial charge in [0.1, 0.15) is 0 Å². The Labute approximate surface area is 59.5 Å². The smallest absolute Gasteiger partial charge is 0.0250 e. The maximum Gasteiger partial charge on any atom is 0.0250 e. The Bertz CT molecular complexity index is 230. The van der Waals surface area contributed by atoms with Gasteiger partial charge in [-0.05, 0) is 17.2 Å². The van der Waals surface area contributed by atoms with Crippen molar-refractivity contribution in [3.63, 3.8) is 0 Å². The molecule has 0 fully saturated rings. The van der Waals surface area contributed by atoms with E-state index in [1.54, 1.807) is 6.07 Å². The van der Waals surface area contributed by atoms with Gasteiger partial charge in [-0.15, -0.1) is 0 Å². The van der Waals surface area contributed by atoms with Crippen molar-refractivity contribution in [1.29, 1.82) is 10.8 Å². The topological polar surface area (TPSA) is 47.7 Å². The van der Waals surface area contributed by atoms with Crippen LogP contribution in [-0.4, -0.2) is 12.4 Å². The molecule has 1 aromatic carbocycles. The second-order valence-electron chi connectivity index (χ2n) is 1.96. The van der Waals surface area contributed by atoms with E-state index < -0.39 is 0 Å². The van der Waals surface area contributed by atoms with E-state index in [1.165, 1.54) is 12.4 Å². The maximum absolute atomic E-state index is 6.92. The van der Waals surface area contributed by atoms with Gasteiger partial charge in [0.05, 0.1) is 0 Å². The summed E-state index contributed by atoms with van der Waals surface area (Å²) in [6.07, 6.45) is 2.54. The Balaban J connectivity index is 3.09. The van der Waals surface area contributed by atoms with E-state index in [4.69, 9.17) is 10.8 Å². The summed E-state index contributed by atoms with van der Waals surface area (Å²) in [6.45, 7) is 0. The normalized spacial score (nSPS) is 8.80. The van der Waals surface area contributed by atoms with Crippen molar-refractivity contribution >= 4 is 12.4 Å². The molecule has 2 nitrogen and oxygen atoms in total. The van der Waals surface area contributed by atoms with Gasteiger partial charge >= 0.3 is 0 Å². The zero-order valence-electron chi connectivity index (χ0n) is 5.46. The highest BCUT2D eigenvalue weighted by Crippen LogP contribution is 1.99. The van der Waals surface area contributed by atoms with E-state index >= 15 is 0 Å². The summed E-state index contributed by atoms with van der Waals surface area (Å²) in [4.78, 5) is 0. The van der Waals surface area contributed by atoms with E-state index in [1.807, 2.05) is 18.2 Å². The molecule has 0 spiro atoms. The molecule has 0 amide bonds. The van der Waals surface area contributed by atoms with Crippen molar-refractivity contribution in [2.75, 3.05) is 0 Å². The Kier molecular flexibility index (Phi) is 1.95. The van der Waals surface area contributed by atoms with Crippen molar-refractivity contribution in [3.8, 4) is 0 Å². The first-order chi connectivity index (χ1) is 4.86.